The molecule has 0 amide bonds. The van der Waals surface area contributed by atoms with Crippen LogP contribution >= 0.6 is 0 Å². The average Bonchev–Trinajstić information content (AvgIpc) is 1.03. The molecule has 0 saturated heterocycles. The highest BCUT2D eigenvalue weighted by Gasteiger charge is 2.24. The van der Waals surface area contributed by atoms with Crippen LogP contribution in [0.5, 0.6) is 0 Å². The number of pyridine rings is 3. The van der Waals surface area contributed by atoms with Gasteiger partial charge < -0.3 is 4.90 Å². The van der Waals surface area contributed by atoms with E-state index in [4.69, 9.17) is 15.0 Å². The first kappa shape index (κ1) is 55.5. The van der Waals surface area contributed by atoms with E-state index in [0.717, 1.165) is 151 Å². The predicted octanol–water partition coefficient (Wildman–Crippen LogP) is 23.3. The summed E-state index contributed by atoms with van der Waals surface area (Å²) in [4.78, 5) is 18.8. The number of hydrogen-bond acceptors (Lipinski definition) is 4. The third kappa shape index (κ3) is 11.5. The highest BCUT2D eigenvalue weighted by molar-refractivity contribution is 5.99. The minimum atomic E-state index is 0.910. The van der Waals surface area contributed by atoms with E-state index < -0.39 is 0 Å². The molecule has 0 spiro atoms. The van der Waals surface area contributed by atoms with Crippen LogP contribution in [0.4, 0.5) is 17.1 Å². The highest BCUT2D eigenvalue weighted by Crippen LogP contribution is 2.47. The van der Waals surface area contributed by atoms with Gasteiger partial charge in [-0.3, -0.25) is 0 Å². The predicted molar refractivity (Wildman–Crippen MR) is 380 cm³/mol. The van der Waals surface area contributed by atoms with Gasteiger partial charge >= 0.3 is 0 Å². The lowest BCUT2D eigenvalue weighted by Crippen LogP contribution is -2.10. The van der Waals surface area contributed by atoms with Crippen LogP contribution < -0.4 is 4.90 Å². The number of nitrogens with zero attached hydrogens (tertiary/aromatic N) is 4. The van der Waals surface area contributed by atoms with Gasteiger partial charge in [0.2, 0.25) is 0 Å². The van der Waals surface area contributed by atoms with Crippen LogP contribution in [-0.4, -0.2) is 15.0 Å². The molecule has 0 unspecified atom stereocenters. The molecule has 0 aliphatic carbocycles. The quantitative estimate of drug-likeness (QED) is 0.103. The Kier molecular flexibility index (Phi) is 15.4. The molecule has 0 bridgehead atoms. The summed E-state index contributed by atoms with van der Waals surface area (Å²) in [6, 6.07) is 129. The molecule has 3 aromatic heterocycles. The zero-order valence-corrected chi connectivity index (χ0v) is 49.9. The maximum absolute atomic E-state index is 5.47. The molecule has 15 aromatic rings. The van der Waals surface area contributed by atoms with Gasteiger partial charge in [0, 0.05) is 67.1 Å². The molecule has 0 aliphatic rings. The van der Waals surface area contributed by atoms with Crippen molar-refractivity contribution < 1.29 is 0 Å². The van der Waals surface area contributed by atoms with Crippen molar-refractivity contribution in [2.24, 2.45) is 0 Å². The molecule has 0 N–H and O–H groups in total. The topological polar surface area (TPSA) is 41.9 Å². The van der Waals surface area contributed by atoms with Crippen molar-refractivity contribution in [3.8, 4) is 134 Å². The molecule has 15 rings (SSSR count). The van der Waals surface area contributed by atoms with Crippen molar-refractivity contribution in [3.05, 3.63) is 364 Å². The fourth-order valence-electron chi connectivity index (χ4n) is 12.5. The summed E-state index contributed by atoms with van der Waals surface area (Å²) < 4.78 is 0. The Morgan fingerprint density at radius 2 is 0.352 bits per heavy atom. The van der Waals surface area contributed by atoms with Crippen molar-refractivity contribution in [1.29, 1.82) is 0 Å². The number of hydrogen-bond donors (Lipinski definition) is 0. The van der Waals surface area contributed by atoms with E-state index in [-0.39, 0.29) is 0 Å². The minimum absolute atomic E-state index is 0.910. The van der Waals surface area contributed by atoms with Gasteiger partial charge in [-0.1, -0.05) is 309 Å². The molecule has 0 atom stereocenters. The summed E-state index contributed by atoms with van der Waals surface area (Å²) in [5, 5.41) is 0. The van der Waals surface area contributed by atoms with Crippen molar-refractivity contribution in [2.45, 2.75) is 0 Å². The molecule has 0 saturated carbocycles. The second-order valence-electron chi connectivity index (χ2n) is 22.6. The monoisotopic (exact) mass is 1160 g/mol. The van der Waals surface area contributed by atoms with Gasteiger partial charge in [-0.15, -0.1) is 0 Å². The molecule has 0 fully saturated rings. The summed E-state index contributed by atoms with van der Waals surface area (Å²) in [5.41, 5.74) is 27.9. The Bertz CT molecular complexity index is 4430. The summed E-state index contributed by atoms with van der Waals surface area (Å²) in [7, 11) is 0. The van der Waals surface area contributed by atoms with E-state index in [2.05, 4.69) is 369 Å². The van der Waals surface area contributed by atoms with Gasteiger partial charge in [0.25, 0.3) is 0 Å². The summed E-state index contributed by atoms with van der Waals surface area (Å²) >= 11 is 0. The van der Waals surface area contributed by atoms with Gasteiger partial charge in [0.1, 0.15) is 0 Å². The van der Waals surface area contributed by atoms with Crippen LogP contribution in [0.15, 0.2) is 364 Å². The lowest BCUT2D eigenvalue weighted by atomic mass is 9.89. The van der Waals surface area contributed by atoms with Gasteiger partial charge in [0.15, 0.2) is 0 Å². The number of rotatable bonds is 15. The first-order chi connectivity index (χ1) is 45.1. The standard InChI is InChI=1S/C87H60N4/c1-10-28-64(29-11-1)79-58-76(82(67-34-16-4-17-35-67)85(88-79)70-40-22-7-23-41-70)61-46-52-73(53-47-61)91(74-54-48-62(49-55-74)77-59-80(65-30-12-2-13-31-65)89-86(71-42-24-8-25-43-71)83(77)68-36-18-5-19-37-68)75-56-50-63(51-57-75)78-60-81(66-32-14-3-15-33-66)90-87(72-44-26-9-27-45-72)84(78)69-38-20-6-21-39-69/h1-60H. The molecule has 0 aliphatic heterocycles. The maximum Gasteiger partial charge on any atom is 0.0794 e. The van der Waals surface area contributed by atoms with Crippen LogP contribution in [0.25, 0.3) is 134 Å². The number of benzene rings is 12. The lowest BCUT2D eigenvalue weighted by Gasteiger charge is -2.27. The normalized spacial score (nSPS) is 11.1. The molecule has 0 radical (unpaired) electrons. The van der Waals surface area contributed by atoms with E-state index in [9.17, 15) is 0 Å². The van der Waals surface area contributed by atoms with Crippen molar-refractivity contribution >= 4 is 17.1 Å². The summed E-state index contributed by atoms with van der Waals surface area (Å²) in [6.45, 7) is 0. The molecular formula is C87H60N4. The molecule has 4 heteroatoms. The summed E-state index contributed by atoms with van der Waals surface area (Å²) in [6.07, 6.45) is 0. The zero-order chi connectivity index (χ0) is 60.7. The molecule has 3 heterocycles. The Morgan fingerprint density at radius 1 is 0.165 bits per heavy atom. The Labute approximate surface area is 532 Å². The van der Waals surface area contributed by atoms with E-state index in [1.807, 2.05) is 0 Å². The first-order valence-electron chi connectivity index (χ1n) is 30.9. The zero-order valence-electron chi connectivity index (χ0n) is 49.9. The smallest absolute Gasteiger partial charge is 0.0794 e. The second-order valence-corrected chi connectivity index (χ2v) is 22.6. The minimum Gasteiger partial charge on any atom is -0.311 e. The third-order valence-corrected chi connectivity index (χ3v) is 16.9. The summed E-state index contributed by atoms with van der Waals surface area (Å²) in [5.74, 6) is 0. The third-order valence-electron chi connectivity index (χ3n) is 16.9. The number of anilines is 3. The fourth-order valence-corrected chi connectivity index (χ4v) is 12.5. The van der Waals surface area contributed by atoms with E-state index in [0.29, 0.717) is 0 Å². The van der Waals surface area contributed by atoms with Crippen LogP contribution in [0.3, 0.4) is 0 Å². The van der Waals surface area contributed by atoms with Crippen LogP contribution in [0, 0.1) is 0 Å². The van der Waals surface area contributed by atoms with Crippen molar-refractivity contribution in [3.63, 3.8) is 0 Å². The molecule has 12 aromatic carbocycles. The van der Waals surface area contributed by atoms with Crippen molar-refractivity contribution in [2.75, 3.05) is 4.90 Å². The largest absolute Gasteiger partial charge is 0.311 e. The SMILES string of the molecule is c1ccc(-c2cc(-c3ccc(N(c4ccc(-c5cc(-c6ccccc6)nc(-c6ccccc6)c5-c5ccccc5)cc4)c4ccc(-c5cc(-c6ccccc6)nc(-c6ccccc6)c5-c5ccccc5)cc4)cc3)c(-c3ccccc3)c(-c3ccccc3)n2)cc1. The van der Waals surface area contributed by atoms with Gasteiger partial charge in [-0.25, -0.2) is 15.0 Å². The average molecular weight is 1160 g/mol. The van der Waals surface area contributed by atoms with Crippen molar-refractivity contribution in [1.82, 2.24) is 15.0 Å². The Morgan fingerprint density at radius 3 is 0.560 bits per heavy atom. The molecule has 4 nitrogen and oxygen atoms in total. The van der Waals surface area contributed by atoms with Gasteiger partial charge in [0.05, 0.1) is 34.2 Å². The Hall–Kier alpha value is -12.1. The first-order valence-corrected chi connectivity index (χ1v) is 30.9. The van der Waals surface area contributed by atoms with E-state index in [1.165, 1.54) is 0 Å². The second kappa shape index (κ2) is 25.3. The van der Waals surface area contributed by atoms with Gasteiger partial charge in [-0.2, -0.15) is 0 Å². The Balaban J connectivity index is 0.913. The lowest BCUT2D eigenvalue weighted by molar-refractivity contribution is 1.28. The molecular weight excluding hydrogens is 1100 g/mol. The molecule has 91 heavy (non-hydrogen) atoms. The van der Waals surface area contributed by atoms with Crippen LogP contribution in [0.2, 0.25) is 0 Å². The van der Waals surface area contributed by atoms with Gasteiger partial charge in [-0.05, 0) is 105 Å². The van der Waals surface area contributed by atoms with E-state index in [1.54, 1.807) is 0 Å². The number of aromatic nitrogens is 3. The van der Waals surface area contributed by atoms with Crippen LogP contribution in [0.1, 0.15) is 0 Å². The van der Waals surface area contributed by atoms with Crippen LogP contribution in [-0.2, 0) is 0 Å². The fraction of sp³-hybridized carbons (Fsp3) is 0. The highest BCUT2D eigenvalue weighted by atomic mass is 15.1. The molecule has 428 valence electrons. The maximum atomic E-state index is 5.47. The van der Waals surface area contributed by atoms with E-state index >= 15 is 0 Å².